The van der Waals surface area contributed by atoms with E-state index in [1.54, 1.807) is 5.38 Å². The molecule has 0 aliphatic carbocycles. The van der Waals surface area contributed by atoms with Gasteiger partial charge in [-0.05, 0) is 34.9 Å². The van der Waals surface area contributed by atoms with Crippen LogP contribution >= 0.6 is 23.1 Å². The minimum absolute atomic E-state index is 0.0209. The first-order valence-electron chi connectivity index (χ1n) is 23.1. The third-order valence-electron chi connectivity index (χ3n) is 12.5. The van der Waals surface area contributed by atoms with Gasteiger partial charge in [-0.1, -0.05) is 157 Å². The number of oxime groups is 1. The topological polar surface area (TPSA) is 155 Å². The number of ether oxygens (including phenoxy) is 2. The van der Waals surface area contributed by atoms with Gasteiger partial charge < -0.3 is 29.8 Å². The molecule has 2 N–H and O–H groups in total. The number of rotatable bonds is 18. The van der Waals surface area contributed by atoms with Gasteiger partial charge in [0.15, 0.2) is 16.9 Å². The van der Waals surface area contributed by atoms with Gasteiger partial charge in [0, 0.05) is 56.4 Å². The molecule has 14 nitrogen and oxygen atoms in total. The number of fused-ring (bicyclic) bond motifs is 1. The summed E-state index contributed by atoms with van der Waals surface area (Å²) in [6.07, 6.45) is -0.803. The number of anilines is 1. The number of β-lactam (4-membered cyclic amide) rings is 1. The Morgan fingerprint density at radius 3 is 1.87 bits per heavy atom. The predicted octanol–water partition coefficient (Wildman–Crippen LogP) is 7.07. The van der Waals surface area contributed by atoms with Gasteiger partial charge in [0.25, 0.3) is 11.8 Å². The number of benzene rings is 5. The van der Waals surface area contributed by atoms with Crippen LogP contribution in [0.1, 0.15) is 46.5 Å². The number of hydrogen-bond donors (Lipinski definition) is 2. The zero-order valence-corrected chi connectivity index (χ0v) is 40.4. The fourth-order valence-electron chi connectivity index (χ4n) is 8.87. The van der Waals surface area contributed by atoms with Gasteiger partial charge in [0.1, 0.15) is 41.6 Å². The van der Waals surface area contributed by atoms with Gasteiger partial charge in [-0.2, -0.15) is 0 Å². The molecule has 9 rings (SSSR count). The van der Waals surface area contributed by atoms with Crippen molar-refractivity contribution in [2.24, 2.45) is 5.16 Å². The number of piperazine rings is 1. The number of esters is 2. The molecular weight excluding hydrogens is 923 g/mol. The molecule has 0 radical (unpaired) electrons. The molecule has 2 atom stereocenters. The molecule has 358 valence electrons. The van der Waals surface area contributed by atoms with E-state index in [1.807, 2.05) is 115 Å². The third kappa shape index (κ3) is 10.5. The summed E-state index contributed by atoms with van der Waals surface area (Å²) in [6.45, 7) is 5.53. The number of amides is 2. The Morgan fingerprint density at radius 1 is 0.786 bits per heavy atom. The molecule has 6 aromatic rings. The second kappa shape index (κ2) is 22.1. The normalized spacial score (nSPS) is 17.6. The average molecular weight is 976 g/mol. The molecule has 2 saturated heterocycles. The molecule has 1 unspecified atom stereocenters. The first-order valence-corrected chi connectivity index (χ1v) is 25.1. The molecule has 5 aromatic carbocycles. The number of hydrogen-bond acceptors (Lipinski definition) is 14. The van der Waals surface area contributed by atoms with E-state index in [1.165, 1.54) is 34.9 Å². The van der Waals surface area contributed by atoms with Crippen LogP contribution in [0.15, 0.2) is 173 Å². The van der Waals surface area contributed by atoms with E-state index < -0.39 is 46.8 Å². The van der Waals surface area contributed by atoms with Gasteiger partial charge in [0.2, 0.25) is 0 Å². The molecule has 2 fully saturated rings. The lowest BCUT2D eigenvalue weighted by Crippen LogP contribution is -2.71. The maximum absolute atomic E-state index is 14.6. The minimum Gasteiger partial charge on any atom is -0.461 e. The molecule has 2 amide bonds. The largest absolute Gasteiger partial charge is 0.461 e. The molecule has 4 heterocycles. The second-order valence-corrected chi connectivity index (χ2v) is 19.1. The average Bonchev–Trinajstić information content (AvgIpc) is 3.87. The molecule has 3 aliphatic heterocycles. The van der Waals surface area contributed by atoms with Gasteiger partial charge in [0.05, 0.1) is 0 Å². The first-order chi connectivity index (χ1) is 34.2. The van der Waals surface area contributed by atoms with Crippen LogP contribution in [0, 0.1) is 0 Å². The first kappa shape index (κ1) is 47.9. The van der Waals surface area contributed by atoms with Crippen LogP contribution in [-0.2, 0) is 39.0 Å². The summed E-state index contributed by atoms with van der Waals surface area (Å²) in [4.78, 5) is 72.3. The Bertz CT molecular complexity index is 2690. The van der Waals surface area contributed by atoms with Crippen molar-refractivity contribution in [1.29, 1.82) is 0 Å². The van der Waals surface area contributed by atoms with Crippen molar-refractivity contribution in [3.05, 3.63) is 202 Å². The minimum atomic E-state index is -1.05. The van der Waals surface area contributed by atoms with Crippen LogP contribution < -0.4 is 10.6 Å². The van der Waals surface area contributed by atoms with E-state index in [0.717, 1.165) is 54.0 Å². The number of aromatic nitrogens is 1. The summed E-state index contributed by atoms with van der Waals surface area (Å²) in [6, 6.07) is 48.0. The number of carbonyl (C=O) groups excluding carboxylic acids is 4. The van der Waals surface area contributed by atoms with Crippen molar-refractivity contribution >= 4 is 57.7 Å². The van der Waals surface area contributed by atoms with Gasteiger partial charge in [-0.25, -0.2) is 9.78 Å². The van der Waals surface area contributed by atoms with Crippen LogP contribution in [0.2, 0.25) is 0 Å². The highest BCUT2D eigenvalue weighted by molar-refractivity contribution is 8.00. The molecule has 0 saturated carbocycles. The Morgan fingerprint density at radius 2 is 1.33 bits per heavy atom. The van der Waals surface area contributed by atoms with E-state index in [0.29, 0.717) is 17.2 Å². The van der Waals surface area contributed by atoms with Crippen molar-refractivity contribution < 1.29 is 33.5 Å². The fraction of sp³-hybridized carbons (Fsp3) is 0.259. The maximum atomic E-state index is 14.6. The van der Waals surface area contributed by atoms with Crippen LogP contribution in [0.25, 0.3) is 0 Å². The number of thioether (sulfide) groups is 1. The summed E-state index contributed by atoms with van der Waals surface area (Å²) in [7, 11) is 2.10. The molecule has 0 bridgehead atoms. The van der Waals surface area contributed by atoms with E-state index in [2.05, 4.69) is 69.0 Å². The monoisotopic (exact) mass is 975 g/mol. The Hall–Kier alpha value is -7.11. The van der Waals surface area contributed by atoms with Crippen molar-refractivity contribution in [3.63, 3.8) is 0 Å². The maximum Gasteiger partial charge on any atom is 0.356 e. The number of thiazole rings is 1. The van der Waals surface area contributed by atoms with Crippen LogP contribution in [0.3, 0.4) is 0 Å². The van der Waals surface area contributed by atoms with Gasteiger partial charge in [-0.15, -0.1) is 23.1 Å². The molecule has 0 spiro atoms. The summed E-state index contributed by atoms with van der Waals surface area (Å²) in [5.74, 6) is -2.30. The number of carbonyl (C=O) groups is 4. The summed E-state index contributed by atoms with van der Waals surface area (Å²) >= 11 is 2.65. The van der Waals surface area contributed by atoms with E-state index in [4.69, 9.17) is 19.3 Å². The van der Waals surface area contributed by atoms with E-state index in [9.17, 15) is 19.2 Å². The lowest BCUT2D eigenvalue weighted by molar-refractivity contribution is -0.154. The number of nitrogens with zero attached hydrogens (tertiary/aromatic N) is 5. The number of nitrogens with one attached hydrogen (secondary N) is 2. The van der Waals surface area contributed by atoms with Gasteiger partial charge >= 0.3 is 11.9 Å². The van der Waals surface area contributed by atoms with Gasteiger partial charge in [-0.3, -0.25) is 24.2 Å². The van der Waals surface area contributed by atoms with Crippen LogP contribution in [0.4, 0.5) is 5.13 Å². The molecule has 1 aromatic heterocycles. The van der Waals surface area contributed by atoms with Crippen LogP contribution in [0.5, 0.6) is 0 Å². The highest BCUT2D eigenvalue weighted by Crippen LogP contribution is 2.43. The molecule has 70 heavy (non-hydrogen) atoms. The Labute approximate surface area is 415 Å². The quantitative estimate of drug-likeness (QED) is 0.0226. The van der Waals surface area contributed by atoms with Crippen molar-refractivity contribution in [2.45, 2.75) is 30.0 Å². The lowest BCUT2D eigenvalue weighted by Gasteiger charge is -2.49. The third-order valence-corrected chi connectivity index (χ3v) is 14.6. The highest BCUT2D eigenvalue weighted by atomic mass is 32.2. The lowest BCUT2D eigenvalue weighted by atomic mass is 9.77. The van der Waals surface area contributed by atoms with Crippen molar-refractivity contribution in [1.82, 2.24) is 25.0 Å². The molecule has 3 aliphatic rings. The number of likely N-dealkylation sites (N-methyl/N-ethyl adjacent to an activating group) is 1. The second-order valence-electron chi connectivity index (χ2n) is 17.1. The molecule has 16 heteroatoms. The standard InChI is InChI=1S/C54H53N7O7S2/c1-37(62)66-34-40-35-69-51-46(50(64)61(51)47(40)52(65)68-48(38-18-8-3-9-19-38)39-20-10-4-11-21-39)56-49(63)45(58-67-33-32-60-30-28-59(2)29-31-60)44-36-70-53(55-44)57-54(41-22-12-5-13-23-41,42-24-14-6-15-25-42)43-26-16-7-17-27-43/h3-27,36,46,48,51H,28-35H2,1-2H3,(H,55,57)(H,56,63)/t46?,51-/m1/s1. The van der Waals surface area contributed by atoms with E-state index in [-0.39, 0.29) is 36.1 Å². The highest BCUT2D eigenvalue weighted by Gasteiger charge is 2.55. The smallest absolute Gasteiger partial charge is 0.356 e. The predicted molar refractivity (Wildman–Crippen MR) is 271 cm³/mol. The summed E-state index contributed by atoms with van der Waals surface area (Å²) < 4.78 is 11.6. The SMILES string of the molecule is CC(=O)OCC1=C(C(=O)OC(c2ccccc2)c2ccccc2)N2C(=O)C(NC(=O)C(=NOCCN3CCN(C)CC3)c3csc(NC(c4ccccc4)(c4ccccc4)c4ccccc4)n3)[C@H]2SC1. The zero-order chi connectivity index (χ0) is 48.5. The summed E-state index contributed by atoms with van der Waals surface area (Å²) in [5.41, 5.74) is 4.03. The van der Waals surface area contributed by atoms with Crippen molar-refractivity contribution in [2.75, 3.05) is 64.1 Å². The van der Waals surface area contributed by atoms with Crippen molar-refractivity contribution in [3.8, 4) is 0 Å². The van der Waals surface area contributed by atoms with E-state index >= 15 is 0 Å². The van der Waals surface area contributed by atoms with Crippen LogP contribution in [-0.4, -0.2) is 119 Å². The Balaban J connectivity index is 0.999. The summed E-state index contributed by atoms with van der Waals surface area (Å²) in [5, 5.41) is 12.7. The molecular formula is C54H53N7O7S2. The zero-order valence-electron chi connectivity index (χ0n) is 38.8. The Kier molecular flexibility index (Phi) is 15.1. The fourth-order valence-corrected chi connectivity index (χ4v) is 10.9.